The first-order valence-corrected chi connectivity index (χ1v) is 9.28. The maximum absolute atomic E-state index is 12.5. The first-order valence-electron chi connectivity index (χ1n) is 7.60. The SMILES string of the molecule is COc1ccc(C(=O)C(C)Sc2n[nH]c(-c3ccccc3Br)n2)cc1. The van der Waals surface area contributed by atoms with Gasteiger partial charge in [0.2, 0.25) is 5.16 Å². The van der Waals surface area contributed by atoms with Crippen molar-refractivity contribution in [3.05, 3.63) is 58.6 Å². The lowest BCUT2D eigenvalue weighted by atomic mass is 10.1. The molecule has 1 aromatic heterocycles. The normalized spacial score (nSPS) is 12.0. The summed E-state index contributed by atoms with van der Waals surface area (Å²) in [5, 5.41) is 7.38. The van der Waals surface area contributed by atoms with Crippen molar-refractivity contribution in [1.29, 1.82) is 0 Å². The molecule has 0 aliphatic heterocycles. The highest BCUT2D eigenvalue weighted by Gasteiger charge is 2.19. The molecule has 1 unspecified atom stereocenters. The van der Waals surface area contributed by atoms with Gasteiger partial charge in [-0.1, -0.05) is 45.9 Å². The van der Waals surface area contributed by atoms with Gasteiger partial charge in [-0.25, -0.2) is 4.98 Å². The molecule has 1 atom stereocenters. The minimum Gasteiger partial charge on any atom is -0.497 e. The monoisotopic (exact) mass is 417 g/mol. The van der Waals surface area contributed by atoms with Crippen molar-refractivity contribution in [3.63, 3.8) is 0 Å². The van der Waals surface area contributed by atoms with Crippen LogP contribution in [0.1, 0.15) is 17.3 Å². The van der Waals surface area contributed by atoms with E-state index in [9.17, 15) is 4.79 Å². The minimum atomic E-state index is -0.295. The first kappa shape index (κ1) is 17.7. The molecule has 128 valence electrons. The number of nitrogens with one attached hydrogen (secondary N) is 1. The smallest absolute Gasteiger partial charge is 0.209 e. The fourth-order valence-corrected chi connectivity index (χ4v) is 3.55. The van der Waals surface area contributed by atoms with Crippen LogP contribution in [0.3, 0.4) is 0 Å². The fraction of sp³-hybridized carbons (Fsp3) is 0.167. The quantitative estimate of drug-likeness (QED) is 0.468. The number of carbonyl (C=O) groups is 1. The molecule has 3 rings (SSSR count). The zero-order chi connectivity index (χ0) is 17.8. The number of aromatic nitrogens is 3. The van der Waals surface area contributed by atoms with Crippen LogP contribution >= 0.6 is 27.7 Å². The Morgan fingerprint density at radius 1 is 1.20 bits per heavy atom. The zero-order valence-corrected chi connectivity index (χ0v) is 16.1. The number of halogens is 1. The topological polar surface area (TPSA) is 67.9 Å². The van der Waals surface area contributed by atoms with E-state index in [1.165, 1.54) is 11.8 Å². The number of ether oxygens (including phenoxy) is 1. The van der Waals surface area contributed by atoms with E-state index in [1.807, 2.05) is 31.2 Å². The first-order chi connectivity index (χ1) is 12.1. The molecule has 0 spiro atoms. The molecule has 7 heteroatoms. The lowest BCUT2D eigenvalue weighted by Gasteiger charge is -2.08. The van der Waals surface area contributed by atoms with Crippen LogP contribution in [0.2, 0.25) is 0 Å². The number of hydrogen-bond acceptors (Lipinski definition) is 5. The van der Waals surface area contributed by atoms with Crippen LogP contribution in [0.4, 0.5) is 0 Å². The summed E-state index contributed by atoms with van der Waals surface area (Å²) in [5.41, 5.74) is 1.57. The number of benzene rings is 2. The summed E-state index contributed by atoms with van der Waals surface area (Å²) in [5.74, 6) is 1.42. The number of H-pyrrole nitrogens is 1. The Balaban J connectivity index is 1.71. The van der Waals surface area contributed by atoms with E-state index in [0.717, 1.165) is 15.8 Å². The molecular weight excluding hydrogens is 402 g/mol. The van der Waals surface area contributed by atoms with Crippen molar-refractivity contribution in [2.75, 3.05) is 7.11 Å². The van der Waals surface area contributed by atoms with Crippen molar-refractivity contribution < 1.29 is 9.53 Å². The highest BCUT2D eigenvalue weighted by Crippen LogP contribution is 2.28. The van der Waals surface area contributed by atoms with Crippen LogP contribution in [0.25, 0.3) is 11.4 Å². The second kappa shape index (κ2) is 7.84. The van der Waals surface area contributed by atoms with Gasteiger partial charge < -0.3 is 4.74 Å². The Morgan fingerprint density at radius 3 is 2.60 bits per heavy atom. The van der Waals surface area contributed by atoms with Gasteiger partial charge in [-0.2, -0.15) is 0 Å². The molecular formula is C18H16BrN3O2S. The molecule has 25 heavy (non-hydrogen) atoms. The zero-order valence-electron chi connectivity index (χ0n) is 13.7. The number of thioether (sulfide) groups is 1. The minimum absolute atomic E-state index is 0.0277. The van der Waals surface area contributed by atoms with Gasteiger partial charge in [-0.3, -0.25) is 9.89 Å². The van der Waals surface area contributed by atoms with E-state index in [2.05, 4.69) is 31.1 Å². The Labute approximate surface area is 158 Å². The molecule has 0 aliphatic rings. The highest BCUT2D eigenvalue weighted by atomic mass is 79.9. The second-order valence-electron chi connectivity index (χ2n) is 5.30. The lowest BCUT2D eigenvalue weighted by molar-refractivity contribution is 0.0994. The van der Waals surface area contributed by atoms with Crippen LogP contribution in [-0.4, -0.2) is 33.3 Å². The predicted octanol–water partition coefficient (Wildman–Crippen LogP) is 4.61. The van der Waals surface area contributed by atoms with Gasteiger partial charge in [-0.05, 0) is 37.3 Å². The molecule has 1 N–H and O–H groups in total. The van der Waals surface area contributed by atoms with Gasteiger partial charge in [0.05, 0.1) is 12.4 Å². The van der Waals surface area contributed by atoms with Gasteiger partial charge >= 0.3 is 0 Å². The number of aromatic amines is 1. The third kappa shape index (κ3) is 4.11. The Kier molecular flexibility index (Phi) is 5.55. The van der Waals surface area contributed by atoms with Crippen LogP contribution in [0.15, 0.2) is 58.2 Å². The summed E-state index contributed by atoms with van der Waals surface area (Å²) >= 11 is 4.83. The summed E-state index contributed by atoms with van der Waals surface area (Å²) in [6.07, 6.45) is 0. The lowest BCUT2D eigenvalue weighted by Crippen LogP contribution is -2.13. The van der Waals surface area contributed by atoms with Crippen molar-refractivity contribution >= 4 is 33.5 Å². The summed E-state index contributed by atoms with van der Waals surface area (Å²) in [4.78, 5) is 17.0. The van der Waals surface area contributed by atoms with Gasteiger partial charge in [0.1, 0.15) is 5.75 Å². The maximum atomic E-state index is 12.5. The molecule has 0 aliphatic carbocycles. The van der Waals surface area contributed by atoms with E-state index < -0.39 is 0 Å². The van der Waals surface area contributed by atoms with Crippen LogP contribution < -0.4 is 4.74 Å². The van der Waals surface area contributed by atoms with Gasteiger partial charge in [0.25, 0.3) is 0 Å². The predicted molar refractivity (Wildman–Crippen MR) is 102 cm³/mol. The Hall–Kier alpha value is -2.12. The molecule has 1 heterocycles. The molecule has 5 nitrogen and oxygen atoms in total. The largest absolute Gasteiger partial charge is 0.497 e. The number of carbonyl (C=O) groups excluding carboxylic acids is 1. The third-order valence-corrected chi connectivity index (χ3v) is 5.27. The van der Waals surface area contributed by atoms with Gasteiger partial charge in [0.15, 0.2) is 11.6 Å². The summed E-state index contributed by atoms with van der Waals surface area (Å²) in [7, 11) is 1.60. The number of ketones is 1. The molecule has 0 amide bonds. The maximum Gasteiger partial charge on any atom is 0.209 e. The number of rotatable bonds is 6. The Morgan fingerprint density at radius 2 is 1.92 bits per heavy atom. The van der Waals surface area contributed by atoms with E-state index in [4.69, 9.17) is 4.74 Å². The van der Waals surface area contributed by atoms with Crippen LogP contribution in [0, 0.1) is 0 Å². The Bertz CT molecular complexity index is 880. The van der Waals surface area contributed by atoms with Crippen molar-refractivity contribution in [1.82, 2.24) is 15.2 Å². The molecule has 0 saturated carbocycles. The highest BCUT2D eigenvalue weighted by molar-refractivity contribution is 9.10. The summed E-state index contributed by atoms with van der Waals surface area (Å²) in [6, 6.07) is 14.9. The molecule has 0 radical (unpaired) electrons. The van der Waals surface area contributed by atoms with Crippen LogP contribution in [-0.2, 0) is 0 Å². The molecule has 3 aromatic rings. The van der Waals surface area contributed by atoms with E-state index in [1.54, 1.807) is 31.4 Å². The molecule has 0 fully saturated rings. The number of nitrogens with zero attached hydrogens (tertiary/aromatic N) is 2. The molecule has 2 aromatic carbocycles. The number of Topliss-reactive ketones (excluding diaryl/α,β-unsaturated/α-hetero) is 1. The summed E-state index contributed by atoms with van der Waals surface area (Å²) in [6.45, 7) is 1.85. The number of methoxy groups -OCH3 is 1. The van der Waals surface area contributed by atoms with Crippen molar-refractivity contribution in [2.24, 2.45) is 0 Å². The summed E-state index contributed by atoms with van der Waals surface area (Å²) < 4.78 is 6.05. The van der Waals surface area contributed by atoms with Crippen LogP contribution in [0.5, 0.6) is 5.75 Å². The van der Waals surface area contributed by atoms with Crippen molar-refractivity contribution in [2.45, 2.75) is 17.3 Å². The molecule has 0 bridgehead atoms. The average molecular weight is 418 g/mol. The van der Waals surface area contributed by atoms with Crippen molar-refractivity contribution in [3.8, 4) is 17.1 Å². The fourth-order valence-electron chi connectivity index (χ4n) is 2.27. The van der Waals surface area contributed by atoms with E-state index in [0.29, 0.717) is 16.5 Å². The van der Waals surface area contributed by atoms with Gasteiger partial charge in [0, 0.05) is 15.6 Å². The van der Waals surface area contributed by atoms with E-state index >= 15 is 0 Å². The second-order valence-corrected chi connectivity index (χ2v) is 7.46. The standard InChI is InChI=1S/C18H16BrN3O2S/c1-11(16(23)12-7-9-13(24-2)10-8-12)25-18-20-17(21-22-18)14-5-3-4-6-15(14)19/h3-11H,1-2H3,(H,20,21,22). The van der Waals surface area contributed by atoms with Gasteiger partial charge in [-0.15, -0.1) is 5.10 Å². The average Bonchev–Trinajstić information content (AvgIpc) is 3.09. The number of hydrogen-bond donors (Lipinski definition) is 1. The molecule has 0 saturated heterocycles. The third-order valence-electron chi connectivity index (χ3n) is 3.62. The van der Waals surface area contributed by atoms with E-state index in [-0.39, 0.29) is 11.0 Å².